The molecule has 2 aromatic rings. The Balaban J connectivity index is 1.59. The maximum atomic E-state index is 12.2. The van der Waals surface area contributed by atoms with Gasteiger partial charge in [-0.2, -0.15) is 0 Å². The van der Waals surface area contributed by atoms with E-state index in [0.717, 1.165) is 12.0 Å². The number of aromatic nitrogens is 1. The van der Waals surface area contributed by atoms with Gasteiger partial charge in [0.2, 0.25) is 5.91 Å². The van der Waals surface area contributed by atoms with Gasteiger partial charge in [0.25, 0.3) is 0 Å². The van der Waals surface area contributed by atoms with Crippen LogP contribution < -0.4 is 5.73 Å². The van der Waals surface area contributed by atoms with Crippen molar-refractivity contribution in [3.63, 3.8) is 0 Å². The first kappa shape index (κ1) is 15.0. The van der Waals surface area contributed by atoms with E-state index in [9.17, 15) is 4.79 Å². The van der Waals surface area contributed by atoms with E-state index in [1.807, 2.05) is 25.2 Å². The number of nitrogens with zero attached hydrogens (tertiary/aromatic N) is 2. The fourth-order valence-corrected chi connectivity index (χ4v) is 2.65. The number of rotatable bonds is 4. The maximum Gasteiger partial charge on any atom is 0.246 e. The fraction of sp³-hybridized carbons (Fsp3) is 0.158. The number of nitrogen functional groups attached to an aromatic ring is 1. The Morgan fingerprint density at radius 2 is 2.13 bits per heavy atom. The summed E-state index contributed by atoms with van der Waals surface area (Å²) in [5, 5.41) is 0. The molecular weight excluding hydrogens is 286 g/mol. The number of pyridine rings is 1. The van der Waals surface area contributed by atoms with Gasteiger partial charge >= 0.3 is 0 Å². The Morgan fingerprint density at radius 3 is 2.87 bits per heavy atom. The van der Waals surface area contributed by atoms with E-state index in [1.54, 1.807) is 29.3 Å². The van der Waals surface area contributed by atoms with Gasteiger partial charge in [-0.1, -0.05) is 30.3 Å². The predicted molar refractivity (Wildman–Crippen MR) is 93.4 cm³/mol. The Morgan fingerprint density at radius 1 is 1.30 bits per heavy atom. The Hall–Kier alpha value is -2.88. The molecule has 116 valence electrons. The molecule has 1 aliphatic rings. The quantitative estimate of drug-likeness (QED) is 0.884. The zero-order chi connectivity index (χ0) is 16.2. The average molecular weight is 305 g/mol. The third kappa shape index (κ3) is 3.66. The van der Waals surface area contributed by atoms with Crippen LogP contribution in [0, 0.1) is 0 Å². The molecular formula is C19H19N3O. The second kappa shape index (κ2) is 6.48. The van der Waals surface area contributed by atoms with E-state index in [-0.39, 0.29) is 5.91 Å². The highest BCUT2D eigenvalue weighted by atomic mass is 16.2. The fourth-order valence-electron chi connectivity index (χ4n) is 2.65. The van der Waals surface area contributed by atoms with Crippen molar-refractivity contribution in [2.75, 3.05) is 19.3 Å². The first-order chi connectivity index (χ1) is 11.1. The molecule has 0 unspecified atom stereocenters. The molecule has 0 saturated heterocycles. The molecule has 1 aromatic heterocycles. The summed E-state index contributed by atoms with van der Waals surface area (Å²) in [5.41, 5.74) is 10.2. The number of benzene rings is 1. The predicted octanol–water partition coefficient (Wildman–Crippen LogP) is 2.78. The van der Waals surface area contributed by atoms with Crippen LogP contribution in [-0.2, 0) is 11.2 Å². The highest BCUT2D eigenvalue weighted by Gasteiger charge is 2.14. The Kier molecular flexibility index (Phi) is 4.24. The van der Waals surface area contributed by atoms with Crippen molar-refractivity contribution in [1.29, 1.82) is 0 Å². The van der Waals surface area contributed by atoms with E-state index in [4.69, 9.17) is 5.73 Å². The van der Waals surface area contributed by atoms with Crippen molar-refractivity contribution in [2.45, 2.75) is 6.42 Å². The SMILES string of the molecule is CN(CC1=Cc2ccccc2C1)C(=O)C=Cc1ccc(N)nc1. The standard InChI is InChI=1S/C19H19N3O/c1-22(13-15-10-16-4-2-3-5-17(16)11-15)19(23)9-7-14-6-8-18(20)21-12-14/h2-10,12H,11,13H2,1H3,(H2,20,21). The number of carbonyl (C=O) groups excluding carboxylic acids is 1. The monoisotopic (exact) mass is 305 g/mol. The number of carbonyl (C=O) groups is 1. The van der Waals surface area contributed by atoms with Crippen molar-refractivity contribution in [2.24, 2.45) is 0 Å². The van der Waals surface area contributed by atoms with Crippen LogP contribution in [0.5, 0.6) is 0 Å². The average Bonchev–Trinajstić information content (AvgIpc) is 2.96. The molecule has 1 aromatic carbocycles. The smallest absolute Gasteiger partial charge is 0.246 e. The third-order valence-electron chi connectivity index (χ3n) is 3.88. The number of fused-ring (bicyclic) bond motifs is 1. The first-order valence-corrected chi connectivity index (χ1v) is 7.54. The summed E-state index contributed by atoms with van der Waals surface area (Å²) in [6, 6.07) is 11.9. The zero-order valence-electron chi connectivity index (χ0n) is 13.1. The minimum atomic E-state index is -0.0290. The molecule has 0 aliphatic heterocycles. The highest BCUT2D eigenvalue weighted by molar-refractivity contribution is 5.91. The summed E-state index contributed by atoms with van der Waals surface area (Å²) in [6.07, 6.45) is 8.06. The molecule has 0 atom stereocenters. The molecule has 1 amide bonds. The summed E-state index contributed by atoms with van der Waals surface area (Å²) in [6.45, 7) is 0.637. The van der Waals surface area contributed by atoms with Crippen molar-refractivity contribution in [1.82, 2.24) is 9.88 Å². The van der Waals surface area contributed by atoms with Crippen LogP contribution in [0.3, 0.4) is 0 Å². The molecule has 1 aliphatic carbocycles. The summed E-state index contributed by atoms with van der Waals surface area (Å²) in [5.74, 6) is 0.442. The Labute approximate surface area is 136 Å². The van der Waals surface area contributed by atoms with Gasteiger partial charge in [-0.3, -0.25) is 4.79 Å². The van der Waals surface area contributed by atoms with Gasteiger partial charge in [-0.25, -0.2) is 4.98 Å². The lowest BCUT2D eigenvalue weighted by Crippen LogP contribution is -2.27. The molecule has 0 spiro atoms. The minimum absolute atomic E-state index is 0.0290. The number of amides is 1. The van der Waals surface area contributed by atoms with Gasteiger partial charge in [0.05, 0.1) is 0 Å². The number of hydrogen-bond acceptors (Lipinski definition) is 3. The molecule has 23 heavy (non-hydrogen) atoms. The van der Waals surface area contributed by atoms with Crippen LogP contribution in [0.25, 0.3) is 12.2 Å². The maximum absolute atomic E-state index is 12.2. The largest absolute Gasteiger partial charge is 0.384 e. The van der Waals surface area contributed by atoms with Crippen LogP contribution in [0.1, 0.15) is 16.7 Å². The molecule has 1 heterocycles. The second-order valence-electron chi connectivity index (χ2n) is 5.72. The van der Waals surface area contributed by atoms with Crippen LogP contribution in [0.2, 0.25) is 0 Å². The van der Waals surface area contributed by atoms with E-state index in [0.29, 0.717) is 12.4 Å². The summed E-state index contributed by atoms with van der Waals surface area (Å²) >= 11 is 0. The van der Waals surface area contributed by atoms with Gasteiger partial charge in [0, 0.05) is 25.9 Å². The lowest BCUT2D eigenvalue weighted by molar-refractivity contribution is -0.124. The minimum Gasteiger partial charge on any atom is -0.384 e. The molecule has 3 rings (SSSR count). The lowest BCUT2D eigenvalue weighted by Gasteiger charge is -2.15. The first-order valence-electron chi connectivity index (χ1n) is 7.54. The van der Waals surface area contributed by atoms with Gasteiger partial charge in [0.15, 0.2) is 0 Å². The topological polar surface area (TPSA) is 59.2 Å². The lowest BCUT2D eigenvalue weighted by atomic mass is 10.1. The van der Waals surface area contributed by atoms with Crippen LogP contribution in [0.15, 0.2) is 54.2 Å². The number of anilines is 1. The summed E-state index contributed by atoms with van der Waals surface area (Å²) in [4.78, 5) is 17.9. The molecule has 4 heteroatoms. The van der Waals surface area contributed by atoms with E-state index >= 15 is 0 Å². The highest BCUT2D eigenvalue weighted by Crippen LogP contribution is 2.24. The second-order valence-corrected chi connectivity index (χ2v) is 5.72. The van der Waals surface area contributed by atoms with Gasteiger partial charge in [-0.15, -0.1) is 0 Å². The van der Waals surface area contributed by atoms with E-state index < -0.39 is 0 Å². The van der Waals surface area contributed by atoms with Crippen molar-refractivity contribution < 1.29 is 4.79 Å². The van der Waals surface area contributed by atoms with Crippen LogP contribution >= 0.6 is 0 Å². The van der Waals surface area contributed by atoms with Crippen molar-refractivity contribution in [3.8, 4) is 0 Å². The normalized spacial score (nSPS) is 13.0. The van der Waals surface area contributed by atoms with Crippen molar-refractivity contribution >= 4 is 23.9 Å². The van der Waals surface area contributed by atoms with Crippen LogP contribution in [-0.4, -0.2) is 29.4 Å². The molecule has 0 radical (unpaired) electrons. The number of hydrogen-bond donors (Lipinski definition) is 1. The summed E-state index contributed by atoms with van der Waals surface area (Å²) in [7, 11) is 1.82. The number of likely N-dealkylation sites (N-methyl/N-ethyl adjacent to an activating group) is 1. The van der Waals surface area contributed by atoms with Crippen molar-refractivity contribution in [3.05, 3.63) is 70.9 Å². The van der Waals surface area contributed by atoms with E-state index in [2.05, 4.69) is 23.2 Å². The van der Waals surface area contributed by atoms with E-state index in [1.165, 1.54) is 16.7 Å². The Bertz CT molecular complexity index is 775. The molecule has 0 fully saturated rings. The van der Waals surface area contributed by atoms with Gasteiger partial charge < -0.3 is 10.6 Å². The molecule has 0 bridgehead atoms. The number of nitrogens with two attached hydrogens (primary N) is 1. The summed E-state index contributed by atoms with van der Waals surface area (Å²) < 4.78 is 0. The van der Waals surface area contributed by atoms with Gasteiger partial charge in [0.1, 0.15) is 5.82 Å². The third-order valence-corrected chi connectivity index (χ3v) is 3.88. The molecule has 0 saturated carbocycles. The van der Waals surface area contributed by atoms with Crippen LogP contribution in [0.4, 0.5) is 5.82 Å². The van der Waals surface area contributed by atoms with Gasteiger partial charge in [-0.05, 0) is 46.9 Å². The zero-order valence-corrected chi connectivity index (χ0v) is 13.1. The molecule has 4 nitrogen and oxygen atoms in total. The molecule has 2 N–H and O–H groups in total.